The predicted octanol–water partition coefficient (Wildman–Crippen LogP) is 2.81. The Morgan fingerprint density at radius 3 is 2.77 bits per heavy atom. The third-order valence-electron chi connectivity index (χ3n) is 4.15. The lowest BCUT2D eigenvalue weighted by molar-refractivity contribution is -0.000509. The molecule has 3 aromatic rings. The molecule has 0 spiro atoms. The summed E-state index contributed by atoms with van der Waals surface area (Å²) in [5.41, 5.74) is 0.334. The van der Waals surface area contributed by atoms with Crippen molar-refractivity contribution in [1.82, 2.24) is 15.1 Å². The Balaban J connectivity index is 1.73. The third-order valence-corrected chi connectivity index (χ3v) is 4.15. The molecule has 0 saturated carbocycles. The maximum atomic E-state index is 14.2. The van der Waals surface area contributed by atoms with E-state index in [0.29, 0.717) is 24.1 Å². The number of hydrogen-bond acceptors (Lipinski definition) is 4. The quantitative estimate of drug-likeness (QED) is 0.775. The fourth-order valence-electron chi connectivity index (χ4n) is 2.90. The van der Waals surface area contributed by atoms with E-state index in [-0.39, 0.29) is 24.3 Å². The lowest BCUT2D eigenvalue weighted by Crippen LogP contribution is -2.41. The average molecular weight is 363 g/mol. The van der Waals surface area contributed by atoms with Crippen molar-refractivity contribution in [1.29, 1.82) is 0 Å². The average Bonchev–Trinajstić information content (AvgIpc) is 3.00. The molecule has 0 bridgehead atoms. The van der Waals surface area contributed by atoms with Crippen molar-refractivity contribution in [3.05, 3.63) is 53.8 Å². The molecule has 1 N–H and O–H groups in total. The zero-order chi connectivity index (χ0) is 18.1. The van der Waals surface area contributed by atoms with Crippen molar-refractivity contribution in [2.75, 3.05) is 26.3 Å². The van der Waals surface area contributed by atoms with Crippen molar-refractivity contribution < 1.29 is 22.6 Å². The molecule has 8 heteroatoms. The first-order valence-corrected chi connectivity index (χ1v) is 8.20. The van der Waals surface area contributed by atoms with E-state index in [1.165, 1.54) is 22.9 Å². The van der Waals surface area contributed by atoms with Gasteiger partial charge in [0.15, 0.2) is 0 Å². The molecule has 0 amide bonds. The number of rotatable bonds is 4. The van der Waals surface area contributed by atoms with Crippen molar-refractivity contribution >= 4 is 10.9 Å². The molecule has 5 nitrogen and oxygen atoms in total. The Morgan fingerprint density at radius 1 is 1.15 bits per heavy atom. The van der Waals surface area contributed by atoms with Crippen LogP contribution in [0, 0.1) is 17.5 Å². The van der Waals surface area contributed by atoms with E-state index < -0.39 is 17.5 Å². The molecule has 2 aromatic carbocycles. The topological polar surface area (TPSA) is 48.3 Å². The maximum Gasteiger partial charge on any atom is 0.241 e. The highest BCUT2D eigenvalue weighted by atomic mass is 19.1. The first-order chi connectivity index (χ1) is 12.6. The van der Waals surface area contributed by atoms with Crippen LogP contribution in [0.15, 0.2) is 36.4 Å². The van der Waals surface area contributed by atoms with Crippen LogP contribution in [0.2, 0.25) is 0 Å². The number of benzene rings is 2. The minimum atomic E-state index is -0.647. The van der Waals surface area contributed by atoms with Crippen LogP contribution < -0.4 is 10.1 Å². The van der Waals surface area contributed by atoms with Gasteiger partial charge in [0.2, 0.25) is 5.88 Å². The largest absolute Gasteiger partial charge is 0.473 e. The van der Waals surface area contributed by atoms with Crippen LogP contribution in [-0.4, -0.2) is 42.2 Å². The van der Waals surface area contributed by atoms with Gasteiger partial charge in [-0.2, -0.15) is 0 Å². The SMILES string of the molecule is Fc1ccc(F)c(-n2nc(OCC3CNCCO3)c3cc(F)ccc32)c1. The fraction of sp³-hybridized carbons (Fsp3) is 0.278. The second-order valence-corrected chi connectivity index (χ2v) is 5.98. The van der Waals surface area contributed by atoms with Gasteiger partial charge in [0.25, 0.3) is 0 Å². The summed E-state index contributed by atoms with van der Waals surface area (Å²) in [6.07, 6.45) is -0.164. The van der Waals surface area contributed by atoms with E-state index in [1.54, 1.807) is 0 Å². The molecule has 4 rings (SSSR count). The highest BCUT2D eigenvalue weighted by Gasteiger charge is 2.19. The first-order valence-electron chi connectivity index (χ1n) is 8.20. The second kappa shape index (κ2) is 6.97. The summed E-state index contributed by atoms with van der Waals surface area (Å²) < 4.78 is 53.9. The summed E-state index contributed by atoms with van der Waals surface area (Å²) in [4.78, 5) is 0. The Kier molecular flexibility index (Phi) is 4.52. The molecule has 0 radical (unpaired) electrons. The fourth-order valence-corrected chi connectivity index (χ4v) is 2.90. The van der Waals surface area contributed by atoms with E-state index >= 15 is 0 Å². The Morgan fingerprint density at radius 2 is 1.96 bits per heavy atom. The first kappa shape index (κ1) is 16.9. The number of fused-ring (bicyclic) bond motifs is 1. The Labute approximate surface area is 147 Å². The summed E-state index contributed by atoms with van der Waals surface area (Å²) in [6.45, 7) is 2.19. The number of morpholine rings is 1. The molecule has 1 saturated heterocycles. The molecule has 1 aromatic heterocycles. The molecule has 1 atom stereocenters. The zero-order valence-electron chi connectivity index (χ0n) is 13.7. The summed E-state index contributed by atoms with van der Waals surface area (Å²) in [5.74, 6) is -1.59. The second-order valence-electron chi connectivity index (χ2n) is 5.98. The van der Waals surface area contributed by atoms with E-state index in [4.69, 9.17) is 9.47 Å². The Bertz CT molecular complexity index is 939. The molecule has 136 valence electrons. The minimum Gasteiger partial charge on any atom is -0.473 e. The van der Waals surface area contributed by atoms with Crippen molar-refractivity contribution in [2.24, 2.45) is 0 Å². The third kappa shape index (κ3) is 3.25. The highest BCUT2D eigenvalue weighted by molar-refractivity contribution is 5.86. The van der Waals surface area contributed by atoms with Gasteiger partial charge in [-0.1, -0.05) is 0 Å². The van der Waals surface area contributed by atoms with Crippen LogP contribution >= 0.6 is 0 Å². The smallest absolute Gasteiger partial charge is 0.241 e. The van der Waals surface area contributed by atoms with Crippen molar-refractivity contribution in [2.45, 2.75) is 6.10 Å². The standard InChI is InChI=1S/C18H16F3N3O2/c19-11-2-4-16-14(7-11)18(26-10-13-9-22-5-6-25-13)23-24(16)17-8-12(20)1-3-15(17)21/h1-4,7-8,13,22H,5-6,9-10H2. The normalized spacial score (nSPS) is 17.6. The number of aromatic nitrogens is 2. The minimum absolute atomic E-state index is 0.0768. The molecule has 26 heavy (non-hydrogen) atoms. The number of nitrogens with zero attached hydrogens (tertiary/aromatic N) is 2. The molecule has 1 unspecified atom stereocenters. The van der Waals surface area contributed by atoms with Crippen LogP contribution in [-0.2, 0) is 4.74 Å². The molecular weight excluding hydrogens is 347 g/mol. The van der Waals surface area contributed by atoms with Gasteiger partial charge in [-0.05, 0) is 30.3 Å². The molecule has 1 fully saturated rings. The highest BCUT2D eigenvalue weighted by Crippen LogP contribution is 2.29. The lowest BCUT2D eigenvalue weighted by Gasteiger charge is -2.23. The number of halogens is 3. The zero-order valence-corrected chi connectivity index (χ0v) is 13.7. The van der Waals surface area contributed by atoms with E-state index in [9.17, 15) is 13.2 Å². The Hall–Kier alpha value is -2.58. The van der Waals surface area contributed by atoms with Gasteiger partial charge in [0, 0.05) is 19.2 Å². The van der Waals surface area contributed by atoms with Crippen LogP contribution in [0.5, 0.6) is 5.88 Å². The lowest BCUT2D eigenvalue weighted by atomic mass is 10.2. The van der Waals surface area contributed by atoms with E-state index in [2.05, 4.69) is 10.4 Å². The van der Waals surface area contributed by atoms with Gasteiger partial charge < -0.3 is 14.8 Å². The van der Waals surface area contributed by atoms with Crippen LogP contribution in [0.3, 0.4) is 0 Å². The maximum absolute atomic E-state index is 14.2. The van der Waals surface area contributed by atoms with Gasteiger partial charge in [0.05, 0.1) is 17.5 Å². The summed E-state index contributed by atoms with van der Waals surface area (Å²) in [6, 6.07) is 7.01. The van der Waals surface area contributed by atoms with Gasteiger partial charge >= 0.3 is 0 Å². The summed E-state index contributed by atoms with van der Waals surface area (Å²) in [7, 11) is 0. The summed E-state index contributed by atoms with van der Waals surface area (Å²) in [5, 5.41) is 7.79. The molecule has 1 aliphatic heterocycles. The number of ether oxygens (including phenoxy) is 2. The van der Waals surface area contributed by atoms with Crippen LogP contribution in [0.1, 0.15) is 0 Å². The van der Waals surface area contributed by atoms with Gasteiger partial charge in [-0.25, -0.2) is 17.9 Å². The molecule has 0 aliphatic carbocycles. The number of hydrogen-bond donors (Lipinski definition) is 1. The van der Waals surface area contributed by atoms with E-state index in [1.807, 2.05) is 0 Å². The van der Waals surface area contributed by atoms with Gasteiger partial charge in [0.1, 0.15) is 35.8 Å². The number of nitrogens with one attached hydrogen (secondary N) is 1. The molecule has 2 heterocycles. The molecule has 1 aliphatic rings. The van der Waals surface area contributed by atoms with Gasteiger partial charge in [-0.15, -0.1) is 5.10 Å². The van der Waals surface area contributed by atoms with Crippen LogP contribution in [0.25, 0.3) is 16.6 Å². The van der Waals surface area contributed by atoms with Crippen molar-refractivity contribution in [3.63, 3.8) is 0 Å². The van der Waals surface area contributed by atoms with Crippen molar-refractivity contribution in [3.8, 4) is 11.6 Å². The predicted molar refractivity (Wildman–Crippen MR) is 89.0 cm³/mol. The van der Waals surface area contributed by atoms with Gasteiger partial charge in [-0.3, -0.25) is 0 Å². The van der Waals surface area contributed by atoms with Crippen LogP contribution in [0.4, 0.5) is 13.2 Å². The van der Waals surface area contributed by atoms with E-state index in [0.717, 1.165) is 24.7 Å². The monoisotopic (exact) mass is 363 g/mol. The summed E-state index contributed by atoms with van der Waals surface area (Å²) >= 11 is 0. The molecular formula is C18H16F3N3O2.